The van der Waals surface area contributed by atoms with Crippen LogP contribution in [0.15, 0.2) is 226 Å². The first-order valence-electron chi connectivity index (χ1n) is 21.0. The van der Waals surface area contributed by atoms with Crippen LogP contribution < -0.4 is 19.6 Å². The molecule has 8 aromatic carbocycles. The highest BCUT2D eigenvalue weighted by atomic mass is 15.2. The van der Waals surface area contributed by atoms with E-state index in [0.717, 1.165) is 89.7 Å². The Kier molecular flexibility index (Phi) is 12.3. The molecule has 0 aromatic heterocycles. The molecule has 0 aliphatic heterocycles. The quantitative estimate of drug-likeness (QED) is 0.102. The second kappa shape index (κ2) is 18.6. The van der Waals surface area contributed by atoms with E-state index in [4.69, 9.17) is 0 Å². The van der Waals surface area contributed by atoms with Gasteiger partial charge in [-0.05, 0) is 124 Å². The number of para-hydroxylation sites is 2. The van der Waals surface area contributed by atoms with Gasteiger partial charge < -0.3 is 19.6 Å². The summed E-state index contributed by atoms with van der Waals surface area (Å²) in [6, 6.07) is 69.2. The van der Waals surface area contributed by atoms with Crippen LogP contribution in [0.1, 0.15) is 16.7 Å². The standard InChI is InChI=1S/C58H52N4/c1-7-8-29-53-54(57(40-43(2)44-21-13-9-14-22-44)61(49-25-17-11-18-26-49)51-34-30-47(31-35-51)59(3)4)38-39-55-56(53)41-46(45-23-15-10-16-24-45)42-58(55)62(50-27-19-12-20-28-50)52-36-32-48(33-37-52)60(5)6/h7-42H,1-2H2,3-6H3/b29-8-,57-40+. The monoisotopic (exact) mass is 804 g/mol. The summed E-state index contributed by atoms with van der Waals surface area (Å²) in [5.74, 6) is 0. The highest BCUT2D eigenvalue weighted by Crippen LogP contribution is 2.46. The molecule has 4 heteroatoms. The van der Waals surface area contributed by atoms with Crippen LogP contribution in [0.3, 0.4) is 0 Å². The van der Waals surface area contributed by atoms with Crippen molar-refractivity contribution in [1.82, 2.24) is 0 Å². The first-order valence-corrected chi connectivity index (χ1v) is 21.0. The highest BCUT2D eigenvalue weighted by Gasteiger charge is 2.24. The van der Waals surface area contributed by atoms with Gasteiger partial charge in [0.2, 0.25) is 0 Å². The van der Waals surface area contributed by atoms with Gasteiger partial charge >= 0.3 is 0 Å². The zero-order valence-corrected chi connectivity index (χ0v) is 36.0. The van der Waals surface area contributed by atoms with Gasteiger partial charge in [-0.25, -0.2) is 0 Å². The summed E-state index contributed by atoms with van der Waals surface area (Å²) >= 11 is 0. The van der Waals surface area contributed by atoms with Crippen molar-refractivity contribution < 1.29 is 0 Å². The predicted octanol–water partition coefficient (Wildman–Crippen LogP) is 15.2. The average Bonchev–Trinajstić information content (AvgIpc) is 3.32. The van der Waals surface area contributed by atoms with E-state index in [2.05, 4.69) is 261 Å². The summed E-state index contributed by atoms with van der Waals surface area (Å²) < 4.78 is 0. The summed E-state index contributed by atoms with van der Waals surface area (Å²) in [6.45, 7) is 8.81. The van der Waals surface area contributed by atoms with Crippen molar-refractivity contribution in [2.45, 2.75) is 0 Å². The molecule has 0 heterocycles. The number of fused-ring (bicyclic) bond motifs is 1. The van der Waals surface area contributed by atoms with E-state index in [-0.39, 0.29) is 0 Å². The molecule has 8 aromatic rings. The fourth-order valence-corrected chi connectivity index (χ4v) is 7.96. The molecule has 0 unspecified atom stereocenters. The Hall–Kier alpha value is -7.82. The predicted molar refractivity (Wildman–Crippen MR) is 270 cm³/mol. The van der Waals surface area contributed by atoms with Crippen LogP contribution in [-0.2, 0) is 0 Å². The lowest BCUT2D eigenvalue weighted by Gasteiger charge is -2.31. The topological polar surface area (TPSA) is 13.0 Å². The molecule has 0 amide bonds. The van der Waals surface area contributed by atoms with Crippen LogP contribution in [-0.4, -0.2) is 28.2 Å². The summed E-state index contributed by atoms with van der Waals surface area (Å²) in [6.07, 6.45) is 8.34. The normalized spacial score (nSPS) is 11.4. The summed E-state index contributed by atoms with van der Waals surface area (Å²) in [7, 11) is 8.29. The van der Waals surface area contributed by atoms with Gasteiger partial charge in [-0.3, -0.25) is 0 Å². The van der Waals surface area contributed by atoms with E-state index >= 15 is 0 Å². The molecule has 0 fully saturated rings. The van der Waals surface area contributed by atoms with Gasteiger partial charge in [-0.15, -0.1) is 0 Å². The third-order valence-electron chi connectivity index (χ3n) is 11.2. The van der Waals surface area contributed by atoms with Gasteiger partial charge in [-0.1, -0.05) is 141 Å². The minimum absolute atomic E-state index is 0.903. The van der Waals surface area contributed by atoms with Crippen molar-refractivity contribution in [2.24, 2.45) is 0 Å². The minimum atomic E-state index is 0.903. The van der Waals surface area contributed by atoms with Crippen LogP contribution in [0.4, 0.5) is 39.8 Å². The largest absolute Gasteiger partial charge is 0.378 e. The van der Waals surface area contributed by atoms with E-state index in [1.807, 2.05) is 18.2 Å². The lowest BCUT2D eigenvalue weighted by Crippen LogP contribution is -2.17. The Bertz CT molecular complexity index is 2840. The molecule has 304 valence electrons. The van der Waals surface area contributed by atoms with Crippen molar-refractivity contribution in [1.29, 1.82) is 0 Å². The first kappa shape index (κ1) is 40.9. The molecule has 0 saturated carbocycles. The average molecular weight is 805 g/mol. The van der Waals surface area contributed by atoms with Crippen LogP contribution in [0.2, 0.25) is 0 Å². The maximum Gasteiger partial charge on any atom is 0.0546 e. The first-order chi connectivity index (χ1) is 30.3. The van der Waals surface area contributed by atoms with Crippen LogP contribution in [0, 0.1) is 0 Å². The third kappa shape index (κ3) is 8.72. The van der Waals surface area contributed by atoms with Crippen molar-refractivity contribution in [3.63, 3.8) is 0 Å². The van der Waals surface area contributed by atoms with E-state index < -0.39 is 0 Å². The number of anilines is 7. The smallest absolute Gasteiger partial charge is 0.0546 e. The third-order valence-corrected chi connectivity index (χ3v) is 11.2. The summed E-state index contributed by atoms with van der Waals surface area (Å²) in [5.41, 5.74) is 14.8. The molecule has 4 nitrogen and oxygen atoms in total. The molecule has 0 atom stereocenters. The van der Waals surface area contributed by atoms with E-state index in [0.29, 0.717) is 0 Å². The molecular weight excluding hydrogens is 753 g/mol. The highest BCUT2D eigenvalue weighted by molar-refractivity contribution is 6.09. The van der Waals surface area contributed by atoms with Gasteiger partial charge in [-0.2, -0.15) is 0 Å². The second-order valence-corrected chi connectivity index (χ2v) is 15.7. The van der Waals surface area contributed by atoms with Crippen LogP contribution in [0.5, 0.6) is 0 Å². The maximum atomic E-state index is 4.67. The number of nitrogens with zero attached hydrogens (tertiary/aromatic N) is 4. The van der Waals surface area contributed by atoms with E-state index in [1.165, 1.54) is 0 Å². The van der Waals surface area contributed by atoms with Crippen LogP contribution in [0.25, 0.3) is 39.2 Å². The zero-order chi connectivity index (χ0) is 43.0. The fourth-order valence-electron chi connectivity index (χ4n) is 7.96. The van der Waals surface area contributed by atoms with Crippen molar-refractivity contribution in [3.8, 4) is 11.1 Å². The number of rotatable bonds is 14. The van der Waals surface area contributed by atoms with Gasteiger partial charge in [0.15, 0.2) is 0 Å². The maximum absolute atomic E-state index is 4.67. The van der Waals surface area contributed by atoms with Crippen LogP contribution >= 0.6 is 0 Å². The lowest BCUT2D eigenvalue weighted by atomic mass is 9.90. The van der Waals surface area contributed by atoms with Gasteiger partial charge in [0.25, 0.3) is 0 Å². The minimum Gasteiger partial charge on any atom is -0.378 e. The molecular formula is C58H52N4. The fraction of sp³-hybridized carbons (Fsp3) is 0.0690. The molecule has 0 bridgehead atoms. The van der Waals surface area contributed by atoms with Gasteiger partial charge in [0.05, 0.1) is 11.4 Å². The van der Waals surface area contributed by atoms with Crippen molar-refractivity contribution in [2.75, 3.05) is 47.8 Å². The number of benzene rings is 8. The Morgan fingerprint density at radius 3 is 1.52 bits per heavy atom. The molecule has 0 saturated heterocycles. The molecule has 0 radical (unpaired) electrons. The summed E-state index contributed by atoms with van der Waals surface area (Å²) in [5, 5.41) is 2.22. The Morgan fingerprint density at radius 2 is 0.952 bits per heavy atom. The molecule has 0 aliphatic rings. The number of allylic oxidation sites excluding steroid dienone is 4. The molecule has 0 spiro atoms. The number of hydrogen-bond donors (Lipinski definition) is 0. The lowest BCUT2D eigenvalue weighted by molar-refractivity contribution is 1.13. The number of hydrogen-bond acceptors (Lipinski definition) is 4. The Morgan fingerprint density at radius 1 is 0.468 bits per heavy atom. The zero-order valence-electron chi connectivity index (χ0n) is 36.0. The van der Waals surface area contributed by atoms with Gasteiger partial charge in [0, 0.05) is 73.3 Å². The molecule has 0 aliphatic carbocycles. The van der Waals surface area contributed by atoms with E-state index in [9.17, 15) is 0 Å². The Labute approximate surface area is 367 Å². The SMILES string of the molecule is C=C/C=C\c1c(/C(=C\C(=C)c2ccccc2)N(c2ccccc2)c2ccc(N(C)C)cc2)ccc2c(N(c3ccccc3)c3ccc(N(C)C)cc3)cc(-c3ccccc3)cc12. The molecule has 0 N–H and O–H groups in total. The Balaban J connectivity index is 1.47. The van der Waals surface area contributed by atoms with Crippen molar-refractivity contribution >= 4 is 67.9 Å². The second-order valence-electron chi connectivity index (χ2n) is 15.7. The van der Waals surface area contributed by atoms with E-state index in [1.54, 1.807) is 0 Å². The summed E-state index contributed by atoms with van der Waals surface area (Å²) in [4.78, 5) is 8.99. The molecule has 62 heavy (non-hydrogen) atoms. The van der Waals surface area contributed by atoms with Gasteiger partial charge in [0.1, 0.15) is 0 Å². The van der Waals surface area contributed by atoms with Crippen molar-refractivity contribution in [3.05, 3.63) is 242 Å². The molecule has 8 rings (SSSR count).